The summed E-state index contributed by atoms with van der Waals surface area (Å²) in [7, 11) is 1.77. The highest BCUT2D eigenvalue weighted by atomic mass is 19.1. The quantitative estimate of drug-likeness (QED) is 0.834. The molecule has 15 heavy (non-hydrogen) atoms. The number of carboxylic acid groups (broad SMARTS) is 1. The maximum atomic E-state index is 13.5. The summed E-state index contributed by atoms with van der Waals surface area (Å²) in [6.07, 6.45) is 0. The highest BCUT2D eigenvalue weighted by Gasteiger charge is 2.12. The molecule has 0 aromatic heterocycles. The Labute approximate surface area is 88.1 Å². The zero-order chi connectivity index (χ0) is 11.6. The average molecular weight is 211 g/mol. The Hall–Kier alpha value is -1.58. The van der Waals surface area contributed by atoms with E-state index in [1.165, 1.54) is 12.1 Å². The standard InChI is InChI=1S/C11H14FNO2/c1-7(2)13(3)10-5-4-8(11(14)15)6-9(10)12/h4-7H,1-3H3,(H,14,15). The third-order valence-corrected chi connectivity index (χ3v) is 2.35. The lowest BCUT2D eigenvalue weighted by Gasteiger charge is -2.24. The van der Waals surface area contributed by atoms with Crippen molar-refractivity contribution in [3.05, 3.63) is 29.6 Å². The molecule has 0 bridgehead atoms. The minimum atomic E-state index is -1.12. The molecule has 82 valence electrons. The van der Waals surface area contributed by atoms with Gasteiger partial charge in [0.15, 0.2) is 0 Å². The maximum Gasteiger partial charge on any atom is 0.335 e. The number of hydrogen-bond donors (Lipinski definition) is 1. The molecule has 1 aromatic carbocycles. The van der Waals surface area contributed by atoms with Gasteiger partial charge < -0.3 is 10.0 Å². The number of anilines is 1. The van der Waals surface area contributed by atoms with Crippen LogP contribution in [0.4, 0.5) is 10.1 Å². The lowest BCUT2D eigenvalue weighted by molar-refractivity contribution is 0.0696. The molecular weight excluding hydrogens is 197 g/mol. The van der Waals surface area contributed by atoms with Crippen LogP contribution in [-0.4, -0.2) is 24.2 Å². The van der Waals surface area contributed by atoms with E-state index in [9.17, 15) is 9.18 Å². The van der Waals surface area contributed by atoms with Crippen LogP contribution >= 0.6 is 0 Å². The van der Waals surface area contributed by atoms with Crippen molar-refractivity contribution in [2.75, 3.05) is 11.9 Å². The van der Waals surface area contributed by atoms with Gasteiger partial charge in [-0.3, -0.25) is 0 Å². The number of rotatable bonds is 3. The number of nitrogens with zero attached hydrogens (tertiary/aromatic N) is 1. The molecule has 0 radical (unpaired) electrons. The Bertz CT molecular complexity index is 377. The zero-order valence-electron chi connectivity index (χ0n) is 8.99. The van der Waals surface area contributed by atoms with Crippen molar-refractivity contribution in [1.82, 2.24) is 0 Å². The molecule has 1 aromatic rings. The van der Waals surface area contributed by atoms with Gasteiger partial charge in [0.1, 0.15) is 5.82 Å². The smallest absolute Gasteiger partial charge is 0.335 e. The Balaban J connectivity index is 3.08. The first kappa shape index (κ1) is 11.5. The van der Waals surface area contributed by atoms with E-state index in [0.717, 1.165) is 6.07 Å². The first-order chi connectivity index (χ1) is 6.93. The van der Waals surface area contributed by atoms with E-state index in [-0.39, 0.29) is 11.6 Å². The molecule has 0 spiro atoms. The van der Waals surface area contributed by atoms with E-state index >= 15 is 0 Å². The Morgan fingerprint density at radius 2 is 2.07 bits per heavy atom. The molecule has 0 fully saturated rings. The monoisotopic (exact) mass is 211 g/mol. The highest BCUT2D eigenvalue weighted by molar-refractivity contribution is 5.88. The van der Waals surface area contributed by atoms with Crippen molar-refractivity contribution >= 4 is 11.7 Å². The molecule has 0 heterocycles. The first-order valence-electron chi connectivity index (χ1n) is 4.69. The summed E-state index contributed by atoms with van der Waals surface area (Å²) in [5, 5.41) is 8.67. The van der Waals surface area contributed by atoms with Gasteiger partial charge in [0, 0.05) is 13.1 Å². The van der Waals surface area contributed by atoms with Crippen molar-refractivity contribution in [3.8, 4) is 0 Å². The van der Waals surface area contributed by atoms with E-state index < -0.39 is 11.8 Å². The topological polar surface area (TPSA) is 40.5 Å². The van der Waals surface area contributed by atoms with Gasteiger partial charge in [-0.05, 0) is 32.0 Å². The summed E-state index contributed by atoms with van der Waals surface area (Å²) in [6.45, 7) is 3.87. The SMILES string of the molecule is CC(C)N(C)c1ccc(C(=O)O)cc1F. The molecule has 1 N–H and O–H groups in total. The van der Waals surface area contributed by atoms with Crippen LogP contribution in [0.2, 0.25) is 0 Å². The Morgan fingerprint density at radius 3 is 2.47 bits per heavy atom. The van der Waals surface area contributed by atoms with E-state index in [0.29, 0.717) is 5.69 Å². The molecule has 0 saturated heterocycles. The molecule has 1 rings (SSSR count). The van der Waals surface area contributed by atoms with E-state index in [1.54, 1.807) is 11.9 Å². The number of carbonyl (C=O) groups is 1. The third-order valence-electron chi connectivity index (χ3n) is 2.35. The van der Waals surface area contributed by atoms with Crippen LogP contribution in [0.5, 0.6) is 0 Å². The van der Waals surface area contributed by atoms with Gasteiger partial charge in [0.25, 0.3) is 0 Å². The number of benzene rings is 1. The van der Waals surface area contributed by atoms with Gasteiger partial charge in [-0.25, -0.2) is 9.18 Å². The fourth-order valence-electron chi connectivity index (χ4n) is 1.20. The van der Waals surface area contributed by atoms with Crippen LogP contribution < -0.4 is 4.90 Å². The fraction of sp³-hybridized carbons (Fsp3) is 0.364. The number of halogens is 1. The van der Waals surface area contributed by atoms with Crippen LogP contribution in [0.1, 0.15) is 24.2 Å². The van der Waals surface area contributed by atoms with Crippen LogP contribution in [-0.2, 0) is 0 Å². The lowest BCUT2D eigenvalue weighted by atomic mass is 10.1. The van der Waals surface area contributed by atoms with Crippen LogP contribution in [0.25, 0.3) is 0 Å². The van der Waals surface area contributed by atoms with E-state index in [1.807, 2.05) is 13.8 Å². The molecule has 0 unspecified atom stereocenters. The van der Waals surface area contributed by atoms with Gasteiger partial charge >= 0.3 is 5.97 Å². The Morgan fingerprint density at radius 1 is 1.47 bits per heavy atom. The van der Waals surface area contributed by atoms with Gasteiger partial charge in [-0.2, -0.15) is 0 Å². The molecule has 0 aliphatic heterocycles. The summed E-state index contributed by atoms with van der Waals surface area (Å²) in [4.78, 5) is 12.3. The molecule has 3 nitrogen and oxygen atoms in total. The minimum absolute atomic E-state index is 0.0339. The van der Waals surface area contributed by atoms with Crippen molar-refractivity contribution in [3.63, 3.8) is 0 Å². The molecule has 0 aliphatic carbocycles. The number of carboxylic acids is 1. The number of hydrogen-bond acceptors (Lipinski definition) is 2. The third kappa shape index (κ3) is 2.46. The second kappa shape index (κ2) is 4.29. The second-order valence-electron chi connectivity index (χ2n) is 3.68. The zero-order valence-corrected chi connectivity index (χ0v) is 8.99. The number of aromatic carboxylic acids is 1. The van der Waals surface area contributed by atoms with Crippen molar-refractivity contribution in [1.29, 1.82) is 0 Å². The van der Waals surface area contributed by atoms with Gasteiger partial charge in [0.05, 0.1) is 11.3 Å². The van der Waals surface area contributed by atoms with Gasteiger partial charge in [-0.15, -0.1) is 0 Å². The second-order valence-corrected chi connectivity index (χ2v) is 3.68. The van der Waals surface area contributed by atoms with Crippen molar-refractivity contribution in [2.45, 2.75) is 19.9 Å². The van der Waals surface area contributed by atoms with E-state index in [2.05, 4.69) is 0 Å². The fourth-order valence-corrected chi connectivity index (χ4v) is 1.20. The van der Waals surface area contributed by atoms with E-state index in [4.69, 9.17) is 5.11 Å². The molecule has 0 atom stereocenters. The summed E-state index contributed by atoms with van der Waals surface area (Å²) in [5.74, 6) is -1.63. The lowest BCUT2D eigenvalue weighted by Crippen LogP contribution is -2.26. The maximum absolute atomic E-state index is 13.5. The molecule has 4 heteroatoms. The van der Waals surface area contributed by atoms with Crippen LogP contribution in [0.3, 0.4) is 0 Å². The highest BCUT2D eigenvalue weighted by Crippen LogP contribution is 2.21. The first-order valence-corrected chi connectivity index (χ1v) is 4.69. The summed E-state index contributed by atoms with van der Waals surface area (Å²) < 4.78 is 13.5. The summed E-state index contributed by atoms with van der Waals surface area (Å²) >= 11 is 0. The van der Waals surface area contributed by atoms with Crippen molar-refractivity contribution in [2.24, 2.45) is 0 Å². The molecule has 0 aliphatic rings. The summed E-state index contributed by atoms with van der Waals surface area (Å²) in [5.41, 5.74) is 0.378. The molecule has 0 saturated carbocycles. The van der Waals surface area contributed by atoms with Gasteiger partial charge in [0.2, 0.25) is 0 Å². The van der Waals surface area contributed by atoms with Crippen LogP contribution in [0.15, 0.2) is 18.2 Å². The van der Waals surface area contributed by atoms with Gasteiger partial charge in [-0.1, -0.05) is 0 Å². The predicted octanol–water partition coefficient (Wildman–Crippen LogP) is 2.37. The van der Waals surface area contributed by atoms with Crippen molar-refractivity contribution < 1.29 is 14.3 Å². The normalized spacial score (nSPS) is 10.5. The minimum Gasteiger partial charge on any atom is -0.478 e. The largest absolute Gasteiger partial charge is 0.478 e. The predicted molar refractivity (Wildman–Crippen MR) is 56.9 cm³/mol. The molecular formula is C11H14FNO2. The Kier molecular flexibility index (Phi) is 3.29. The van der Waals surface area contributed by atoms with Crippen LogP contribution in [0, 0.1) is 5.82 Å². The average Bonchev–Trinajstić information content (AvgIpc) is 2.16. The summed E-state index contributed by atoms with van der Waals surface area (Å²) in [6, 6.07) is 4.09. The molecule has 0 amide bonds.